The zero-order valence-electron chi connectivity index (χ0n) is 14.3. The van der Waals surface area contributed by atoms with E-state index in [1.54, 1.807) is 7.11 Å². The van der Waals surface area contributed by atoms with Crippen LogP contribution in [0.4, 0.5) is 0 Å². The van der Waals surface area contributed by atoms with Crippen molar-refractivity contribution < 1.29 is 9.53 Å². The smallest absolute Gasteiger partial charge is 0.224 e. The van der Waals surface area contributed by atoms with Crippen molar-refractivity contribution in [2.75, 3.05) is 26.8 Å². The van der Waals surface area contributed by atoms with E-state index in [-0.39, 0.29) is 11.8 Å². The van der Waals surface area contributed by atoms with Gasteiger partial charge in [-0.3, -0.25) is 14.5 Å². The number of aromatic nitrogens is 3. The van der Waals surface area contributed by atoms with Crippen molar-refractivity contribution in [1.29, 1.82) is 0 Å². The molecule has 0 aliphatic carbocycles. The first-order valence-electron chi connectivity index (χ1n) is 8.34. The van der Waals surface area contributed by atoms with E-state index >= 15 is 0 Å². The molecule has 6 nitrogen and oxygen atoms in total. The Labute approximate surface area is 142 Å². The molecule has 0 N–H and O–H groups in total. The molecule has 2 aromatic rings. The predicted molar refractivity (Wildman–Crippen MR) is 90.5 cm³/mol. The number of rotatable bonds is 6. The Balaban J connectivity index is 1.62. The van der Waals surface area contributed by atoms with Gasteiger partial charge in [0.05, 0.1) is 12.8 Å². The van der Waals surface area contributed by atoms with Crippen LogP contribution in [0.1, 0.15) is 23.6 Å². The Bertz CT molecular complexity index is 671. The second-order valence-electron chi connectivity index (χ2n) is 6.41. The molecule has 0 bridgehead atoms. The monoisotopic (exact) mass is 328 g/mol. The Morgan fingerprint density at radius 2 is 2.25 bits per heavy atom. The van der Waals surface area contributed by atoms with E-state index in [0.717, 1.165) is 17.8 Å². The number of ether oxygens (including phenoxy) is 1. The van der Waals surface area contributed by atoms with Crippen LogP contribution in [0.3, 0.4) is 0 Å². The van der Waals surface area contributed by atoms with Crippen LogP contribution >= 0.6 is 0 Å². The minimum absolute atomic E-state index is 0.169. The number of pyridine rings is 1. The van der Waals surface area contributed by atoms with Gasteiger partial charge in [0.15, 0.2) is 0 Å². The second-order valence-corrected chi connectivity index (χ2v) is 6.41. The standard InChI is InChI=1S/C18H24N4O2/c1-14-9-20-22(10-14)8-6-18(23)21-11-15(13-24-2)16(12-21)17-5-3-4-7-19-17/h3-5,7,9-10,15-16H,6,8,11-13H2,1-2H3/t15-,16+/m0/s1. The summed E-state index contributed by atoms with van der Waals surface area (Å²) in [5.41, 5.74) is 2.15. The average Bonchev–Trinajstić information content (AvgIpc) is 3.20. The van der Waals surface area contributed by atoms with Gasteiger partial charge < -0.3 is 9.64 Å². The largest absolute Gasteiger partial charge is 0.384 e. The van der Waals surface area contributed by atoms with Gasteiger partial charge in [0.25, 0.3) is 0 Å². The van der Waals surface area contributed by atoms with Crippen LogP contribution < -0.4 is 0 Å². The Morgan fingerprint density at radius 1 is 1.38 bits per heavy atom. The van der Waals surface area contributed by atoms with E-state index in [1.807, 2.05) is 53.3 Å². The van der Waals surface area contributed by atoms with Gasteiger partial charge in [-0.15, -0.1) is 0 Å². The number of methoxy groups -OCH3 is 1. The minimum atomic E-state index is 0.169. The summed E-state index contributed by atoms with van der Waals surface area (Å²) >= 11 is 0. The fourth-order valence-electron chi connectivity index (χ4n) is 3.35. The van der Waals surface area contributed by atoms with E-state index in [9.17, 15) is 4.79 Å². The summed E-state index contributed by atoms with van der Waals surface area (Å²) in [6.07, 6.45) is 6.05. The average molecular weight is 328 g/mol. The third-order valence-corrected chi connectivity index (χ3v) is 4.56. The van der Waals surface area contributed by atoms with Crippen molar-refractivity contribution in [3.8, 4) is 0 Å². The molecule has 1 saturated heterocycles. The number of nitrogens with zero attached hydrogens (tertiary/aromatic N) is 4. The summed E-state index contributed by atoms with van der Waals surface area (Å²) in [6.45, 7) is 4.70. The molecular weight excluding hydrogens is 304 g/mol. The summed E-state index contributed by atoms with van der Waals surface area (Å²) in [7, 11) is 1.71. The molecule has 3 rings (SSSR count). The lowest BCUT2D eigenvalue weighted by Crippen LogP contribution is -2.30. The molecule has 1 fully saturated rings. The third-order valence-electron chi connectivity index (χ3n) is 4.56. The van der Waals surface area contributed by atoms with E-state index in [0.29, 0.717) is 32.0 Å². The van der Waals surface area contributed by atoms with Crippen LogP contribution in [-0.2, 0) is 16.1 Å². The molecule has 6 heteroatoms. The zero-order chi connectivity index (χ0) is 16.9. The molecule has 24 heavy (non-hydrogen) atoms. The van der Waals surface area contributed by atoms with Crippen molar-refractivity contribution in [2.24, 2.45) is 5.92 Å². The van der Waals surface area contributed by atoms with Crippen molar-refractivity contribution in [3.05, 3.63) is 48.0 Å². The van der Waals surface area contributed by atoms with Crippen LogP contribution in [0.2, 0.25) is 0 Å². The first kappa shape index (κ1) is 16.6. The Hall–Kier alpha value is -2.21. The van der Waals surface area contributed by atoms with Gasteiger partial charge in [-0.1, -0.05) is 6.07 Å². The van der Waals surface area contributed by atoms with E-state index in [4.69, 9.17) is 4.74 Å². The zero-order valence-corrected chi connectivity index (χ0v) is 14.3. The predicted octanol–water partition coefficient (Wildman–Crippen LogP) is 1.87. The molecule has 0 spiro atoms. The highest BCUT2D eigenvalue weighted by molar-refractivity contribution is 5.76. The topological polar surface area (TPSA) is 60.2 Å². The summed E-state index contributed by atoms with van der Waals surface area (Å²) < 4.78 is 7.18. The van der Waals surface area contributed by atoms with Gasteiger partial charge in [-0.2, -0.15) is 5.10 Å². The molecule has 1 aliphatic heterocycles. The summed E-state index contributed by atoms with van der Waals surface area (Å²) in [6, 6.07) is 5.95. The van der Waals surface area contributed by atoms with Gasteiger partial charge >= 0.3 is 0 Å². The van der Waals surface area contributed by atoms with Crippen molar-refractivity contribution in [2.45, 2.75) is 25.8 Å². The molecule has 2 atom stereocenters. The van der Waals surface area contributed by atoms with Gasteiger partial charge in [0.1, 0.15) is 0 Å². The van der Waals surface area contributed by atoms with Crippen molar-refractivity contribution >= 4 is 5.91 Å². The maximum Gasteiger partial charge on any atom is 0.224 e. The van der Waals surface area contributed by atoms with Crippen LogP contribution in [0.5, 0.6) is 0 Å². The lowest BCUT2D eigenvalue weighted by Gasteiger charge is -2.16. The van der Waals surface area contributed by atoms with E-state index in [2.05, 4.69) is 10.1 Å². The molecule has 0 unspecified atom stereocenters. The summed E-state index contributed by atoms with van der Waals surface area (Å²) in [5.74, 6) is 0.700. The number of carbonyl (C=O) groups is 1. The lowest BCUT2D eigenvalue weighted by molar-refractivity contribution is -0.130. The normalized spacial score (nSPS) is 20.5. The molecule has 128 valence electrons. The number of carbonyl (C=O) groups excluding carboxylic acids is 1. The Kier molecular flexibility index (Phi) is 5.25. The number of aryl methyl sites for hydroxylation is 2. The van der Waals surface area contributed by atoms with Crippen LogP contribution in [0, 0.1) is 12.8 Å². The summed E-state index contributed by atoms with van der Waals surface area (Å²) in [4.78, 5) is 19.0. The van der Waals surface area contributed by atoms with Gasteiger partial charge in [-0.05, 0) is 24.6 Å². The maximum atomic E-state index is 12.6. The van der Waals surface area contributed by atoms with E-state index < -0.39 is 0 Å². The third kappa shape index (κ3) is 3.82. The number of amides is 1. The second kappa shape index (κ2) is 7.57. The summed E-state index contributed by atoms with van der Waals surface area (Å²) in [5, 5.41) is 4.24. The van der Waals surface area contributed by atoms with Crippen LogP contribution in [-0.4, -0.2) is 52.4 Å². The van der Waals surface area contributed by atoms with Gasteiger partial charge in [0, 0.05) is 63.1 Å². The fourth-order valence-corrected chi connectivity index (χ4v) is 3.35. The molecule has 0 saturated carbocycles. The maximum absolute atomic E-state index is 12.6. The number of hydrogen-bond donors (Lipinski definition) is 0. The molecule has 0 radical (unpaired) electrons. The first-order chi connectivity index (χ1) is 11.7. The van der Waals surface area contributed by atoms with Gasteiger partial charge in [-0.25, -0.2) is 0 Å². The molecular formula is C18H24N4O2. The van der Waals surface area contributed by atoms with E-state index in [1.165, 1.54) is 0 Å². The molecule has 1 aliphatic rings. The Morgan fingerprint density at radius 3 is 2.92 bits per heavy atom. The highest BCUT2D eigenvalue weighted by Gasteiger charge is 2.36. The molecule has 1 amide bonds. The van der Waals surface area contributed by atoms with Crippen molar-refractivity contribution in [1.82, 2.24) is 19.7 Å². The molecule has 2 aromatic heterocycles. The highest BCUT2D eigenvalue weighted by atomic mass is 16.5. The minimum Gasteiger partial charge on any atom is -0.384 e. The van der Waals surface area contributed by atoms with Crippen LogP contribution in [0.15, 0.2) is 36.8 Å². The van der Waals surface area contributed by atoms with Crippen molar-refractivity contribution in [3.63, 3.8) is 0 Å². The quantitative estimate of drug-likeness (QED) is 0.812. The van der Waals surface area contributed by atoms with Crippen LogP contribution in [0.25, 0.3) is 0 Å². The van der Waals surface area contributed by atoms with Gasteiger partial charge in [0.2, 0.25) is 5.91 Å². The SMILES string of the molecule is COC[C@@H]1CN(C(=O)CCn2cc(C)cn2)C[C@H]1c1ccccn1. The number of hydrogen-bond acceptors (Lipinski definition) is 4. The lowest BCUT2D eigenvalue weighted by atomic mass is 9.93. The fraction of sp³-hybridized carbons (Fsp3) is 0.500. The molecule has 0 aromatic carbocycles. The number of likely N-dealkylation sites (tertiary alicyclic amines) is 1. The molecule has 3 heterocycles. The highest BCUT2D eigenvalue weighted by Crippen LogP contribution is 2.32. The first-order valence-corrected chi connectivity index (χ1v) is 8.34.